The van der Waals surface area contributed by atoms with E-state index in [0.29, 0.717) is 45.2 Å². The molecule has 22 nitrogen and oxygen atoms in total. The molecule has 1 fully saturated rings. The Bertz CT molecular complexity index is 1890. The van der Waals surface area contributed by atoms with E-state index in [1.165, 1.54) is 16.7 Å². The Morgan fingerprint density at radius 1 is 0.579 bits per heavy atom. The molecular formula is C54H99N11O11. The highest BCUT2D eigenvalue weighted by atomic mass is 16.6. The van der Waals surface area contributed by atoms with Gasteiger partial charge in [0.15, 0.2) is 0 Å². The van der Waals surface area contributed by atoms with Crippen molar-refractivity contribution in [1.29, 1.82) is 0 Å². The first-order valence-electron chi connectivity index (χ1n) is 27.8. The van der Waals surface area contributed by atoms with Crippen LogP contribution in [-0.2, 0) is 47.9 Å². The topological polar surface area (TPSA) is 309 Å². The van der Waals surface area contributed by atoms with Gasteiger partial charge in [0.2, 0.25) is 47.3 Å². The van der Waals surface area contributed by atoms with Gasteiger partial charge in [0.05, 0.1) is 6.54 Å². The van der Waals surface area contributed by atoms with Crippen molar-refractivity contribution in [2.75, 3.05) is 32.7 Å². The number of hydrazine groups is 1. The molecule has 1 aliphatic heterocycles. The number of alkyl carbamates (subject to hydrolysis) is 1. The number of nitrogens with two attached hydrogens (primary N) is 1. The lowest BCUT2D eigenvalue weighted by Crippen LogP contribution is -2.60. The summed E-state index contributed by atoms with van der Waals surface area (Å²) < 4.78 is 5.33. The minimum atomic E-state index is -1.16. The molecule has 1 saturated heterocycles. The summed E-state index contributed by atoms with van der Waals surface area (Å²) in [4.78, 5) is 138. The van der Waals surface area contributed by atoms with E-state index in [4.69, 9.17) is 10.5 Å². The lowest BCUT2D eigenvalue weighted by Gasteiger charge is -2.31. The van der Waals surface area contributed by atoms with Gasteiger partial charge in [0.1, 0.15) is 41.9 Å². The van der Waals surface area contributed by atoms with Crippen LogP contribution in [0.1, 0.15) is 180 Å². The van der Waals surface area contributed by atoms with Crippen LogP contribution in [0.4, 0.5) is 4.79 Å². The molecule has 6 atom stereocenters. The number of unbranched alkanes of at least 4 members (excludes halogenated alkanes) is 3. The van der Waals surface area contributed by atoms with E-state index in [1.54, 1.807) is 20.8 Å². The van der Waals surface area contributed by atoms with Crippen LogP contribution in [0.15, 0.2) is 0 Å². The van der Waals surface area contributed by atoms with Crippen molar-refractivity contribution >= 4 is 59.3 Å². The number of amides is 10. The van der Waals surface area contributed by atoms with Gasteiger partial charge in [-0.15, -0.1) is 0 Å². The summed E-state index contributed by atoms with van der Waals surface area (Å²) in [6.45, 7) is 26.1. The van der Waals surface area contributed by atoms with Gasteiger partial charge < -0.3 is 52.2 Å². The standard InChI is InChI=1S/C54H99N11O11/c1-33(2)27-39(47(69)58-40(28-34(3)4)48(70)59-41(29-35(5)6)49(71)60-42(30-36(7)8)50(72)63-62-45(67)22-16-15-17-23-55)57-46(68)32-64(25-19-18-24-56-53(75)76-54(12,13)14)52(74)43(31-37(9)10)61-51(73)44-21-20-26-65(44)38(11)66/h33-37,39-44H,15-32,55H2,1-14H3,(H,56,75)(H,57,68)(H,58,69)(H,59,70)(H,60,71)(H,61,73)(H,62,67)(H,63,72)/t39-,40-,41-,42+,43-,44-/m0/s1. The van der Waals surface area contributed by atoms with Crippen molar-refractivity contribution in [3.63, 3.8) is 0 Å². The number of likely N-dealkylation sites (tertiary alicyclic amines) is 1. The number of hydrogen-bond donors (Lipinski definition) is 9. The van der Waals surface area contributed by atoms with Crippen molar-refractivity contribution in [1.82, 2.24) is 52.6 Å². The molecule has 1 heterocycles. The predicted octanol–water partition coefficient (Wildman–Crippen LogP) is 3.45. The molecule has 0 saturated carbocycles. The van der Waals surface area contributed by atoms with Gasteiger partial charge in [-0.25, -0.2) is 4.79 Å². The molecule has 10 amide bonds. The van der Waals surface area contributed by atoms with Crippen molar-refractivity contribution in [2.45, 2.75) is 222 Å². The quantitative estimate of drug-likeness (QED) is 0.0337. The average molecular weight is 1080 g/mol. The first-order chi connectivity index (χ1) is 35.4. The number of rotatable bonds is 33. The second-order valence-electron chi connectivity index (χ2n) is 23.4. The predicted molar refractivity (Wildman–Crippen MR) is 291 cm³/mol. The van der Waals surface area contributed by atoms with Crippen LogP contribution in [0, 0.1) is 29.6 Å². The summed E-state index contributed by atoms with van der Waals surface area (Å²) >= 11 is 0. The molecule has 0 bridgehead atoms. The highest BCUT2D eigenvalue weighted by Crippen LogP contribution is 2.20. The summed E-state index contributed by atoms with van der Waals surface area (Å²) in [7, 11) is 0. The van der Waals surface area contributed by atoms with Crippen LogP contribution in [0.2, 0.25) is 0 Å². The molecule has 1 rings (SSSR count). The minimum Gasteiger partial charge on any atom is -0.444 e. The van der Waals surface area contributed by atoms with E-state index in [1.807, 2.05) is 69.2 Å². The minimum absolute atomic E-state index is 0.0357. The van der Waals surface area contributed by atoms with Crippen LogP contribution in [0.3, 0.4) is 0 Å². The van der Waals surface area contributed by atoms with Gasteiger partial charge in [0.25, 0.3) is 5.91 Å². The average Bonchev–Trinajstić information content (AvgIpc) is 3.80. The molecule has 0 spiro atoms. The van der Waals surface area contributed by atoms with Crippen LogP contribution in [0.5, 0.6) is 0 Å². The maximum absolute atomic E-state index is 14.5. The number of carbonyl (C=O) groups is 10. The third-order valence-corrected chi connectivity index (χ3v) is 12.3. The SMILES string of the molecule is CC(=O)N1CCC[C@H]1C(=O)N[C@@H](CC(C)C)C(=O)N(CCCCNC(=O)OC(C)(C)C)CC(=O)N[C@@H](CC(C)C)C(=O)N[C@@H](CC(C)C)C(=O)N[C@@H](CC(C)C)C(=O)N[C@H](CC(C)C)C(=O)NNC(=O)CCCCCN. The lowest BCUT2D eigenvalue weighted by atomic mass is 9.98. The maximum Gasteiger partial charge on any atom is 0.407 e. The summed E-state index contributed by atoms with van der Waals surface area (Å²) in [6, 6.07) is -6.26. The summed E-state index contributed by atoms with van der Waals surface area (Å²) in [5, 5.41) is 16.8. The number of hydrogen-bond acceptors (Lipinski definition) is 12. The molecule has 1 aliphatic rings. The molecule has 0 aromatic heterocycles. The number of ether oxygens (including phenoxy) is 1. The fraction of sp³-hybridized carbons (Fsp3) is 0.815. The van der Waals surface area contributed by atoms with Crippen molar-refractivity contribution in [2.24, 2.45) is 35.3 Å². The first-order valence-corrected chi connectivity index (χ1v) is 27.8. The highest BCUT2D eigenvalue weighted by molar-refractivity contribution is 5.97. The van der Waals surface area contributed by atoms with Gasteiger partial charge in [-0.05, 0) is 128 Å². The molecule has 0 aromatic rings. The van der Waals surface area contributed by atoms with Crippen LogP contribution in [-0.4, -0.2) is 144 Å². The maximum atomic E-state index is 14.5. The molecule has 0 radical (unpaired) electrons. The Hall–Kier alpha value is -5.54. The molecule has 22 heteroatoms. The Kier molecular flexibility index (Phi) is 31.5. The van der Waals surface area contributed by atoms with Crippen LogP contribution in [0.25, 0.3) is 0 Å². The van der Waals surface area contributed by atoms with E-state index < -0.39 is 95.8 Å². The van der Waals surface area contributed by atoms with Gasteiger partial charge >= 0.3 is 6.09 Å². The fourth-order valence-corrected chi connectivity index (χ4v) is 8.73. The van der Waals surface area contributed by atoms with Gasteiger partial charge in [-0.1, -0.05) is 75.7 Å². The first kappa shape index (κ1) is 68.5. The monoisotopic (exact) mass is 1080 g/mol. The Morgan fingerprint density at radius 3 is 1.51 bits per heavy atom. The van der Waals surface area contributed by atoms with E-state index >= 15 is 0 Å². The largest absolute Gasteiger partial charge is 0.444 e. The molecule has 76 heavy (non-hydrogen) atoms. The smallest absolute Gasteiger partial charge is 0.407 e. The number of nitrogens with zero attached hydrogens (tertiary/aromatic N) is 2. The third-order valence-electron chi connectivity index (χ3n) is 12.3. The summed E-state index contributed by atoms with van der Waals surface area (Å²) in [6.07, 6.45) is 4.53. The van der Waals surface area contributed by atoms with Crippen LogP contribution < -0.4 is 48.5 Å². The summed E-state index contributed by atoms with van der Waals surface area (Å²) in [5.41, 5.74) is 9.67. The lowest BCUT2D eigenvalue weighted by molar-refractivity contribution is -0.142. The van der Waals surface area contributed by atoms with Gasteiger partial charge in [-0.3, -0.25) is 54.0 Å². The normalized spacial score (nSPS) is 15.6. The molecule has 0 aliphatic carbocycles. The Balaban J connectivity index is 3.42. The second-order valence-corrected chi connectivity index (χ2v) is 23.4. The summed E-state index contributed by atoms with van der Waals surface area (Å²) in [5.74, 6) is -5.28. The molecule has 0 unspecified atom stereocenters. The van der Waals surface area contributed by atoms with E-state index in [0.717, 1.165) is 12.8 Å². The Labute approximate surface area is 453 Å². The Morgan fingerprint density at radius 2 is 1.05 bits per heavy atom. The highest BCUT2D eigenvalue weighted by Gasteiger charge is 2.37. The van der Waals surface area contributed by atoms with Gasteiger partial charge in [-0.2, -0.15) is 0 Å². The number of nitrogens with one attached hydrogen (secondary N) is 8. The van der Waals surface area contributed by atoms with Gasteiger partial charge in [0, 0.05) is 33.0 Å². The molecule has 10 N–H and O–H groups in total. The molecule has 0 aromatic carbocycles. The molecule has 436 valence electrons. The van der Waals surface area contributed by atoms with Crippen molar-refractivity contribution in [3.8, 4) is 0 Å². The van der Waals surface area contributed by atoms with E-state index in [2.05, 4.69) is 42.8 Å². The number of carbonyl (C=O) groups excluding carboxylic acids is 10. The second kappa shape index (κ2) is 35.0. The zero-order valence-electron chi connectivity index (χ0n) is 48.5. The van der Waals surface area contributed by atoms with E-state index in [9.17, 15) is 47.9 Å². The van der Waals surface area contributed by atoms with Crippen molar-refractivity contribution in [3.05, 3.63) is 0 Å². The molecular weight excluding hydrogens is 979 g/mol. The zero-order chi connectivity index (χ0) is 57.9. The van der Waals surface area contributed by atoms with Crippen molar-refractivity contribution < 1.29 is 52.7 Å². The van der Waals surface area contributed by atoms with Crippen LogP contribution >= 0.6 is 0 Å². The third kappa shape index (κ3) is 28.6. The zero-order valence-corrected chi connectivity index (χ0v) is 48.5. The van der Waals surface area contributed by atoms with E-state index in [-0.39, 0.29) is 93.0 Å². The fourth-order valence-electron chi connectivity index (χ4n) is 8.73.